The van der Waals surface area contributed by atoms with Crippen LogP contribution in [0.3, 0.4) is 0 Å². The van der Waals surface area contributed by atoms with Crippen LogP contribution in [0.4, 0.5) is 20.5 Å². The van der Waals surface area contributed by atoms with Crippen molar-refractivity contribution in [2.45, 2.75) is 12.5 Å². The van der Waals surface area contributed by atoms with Gasteiger partial charge in [0.1, 0.15) is 28.6 Å². The Kier molecular flexibility index (Phi) is 4.86. The van der Waals surface area contributed by atoms with E-state index in [-0.39, 0.29) is 33.9 Å². The van der Waals surface area contributed by atoms with E-state index in [1.54, 1.807) is 0 Å². The lowest BCUT2D eigenvalue weighted by Gasteiger charge is -2.21. The number of aromatic nitrogens is 3. The third-order valence-corrected chi connectivity index (χ3v) is 7.36. The van der Waals surface area contributed by atoms with Crippen molar-refractivity contribution in [2.75, 3.05) is 37.3 Å². The second-order valence-electron chi connectivity index (χ2n) is 9.35. The molecule has 2 aliphatic heterocycles. The quantitative estimate of drug-likeness (QED) is 0.460. The molecule has 0 radical (unpaired) electrons. The number of likely N-dealkylation sites (N-methyl/N-ethyl adjacent to an activating group) is 1. The van der Waals surface area contributed by atoms with Gasteiger partial charge in [-0.15, -0.1) is 0 Å². The minimum absolute atomic E-state index is 0.0379. The van der Waals surface area contributed by atoms with Gasteiger partial charge in [-0.2, -0.15) is 4.98 Å². The SMILES string of the molecule is C=Cc1c(F)ccc2cc(O)cc(-c3ncc4c(N)nc(N5C[C@@H]6CCN(C)[C@@H]6C5)nc4c3F)c12. The number of benzene rings is 2. The van der Waals surface area contributed by atoms with Gasteiger partial charge in [0.05, 0.1) is 5.39 Å². The van der Waals surface area contributed by atoms with Crippen LogP contribution in [-0.2, 0) is 0 Å². The third kappa shape index (κ3) is 3.30. The van der Waals surface area contributed by atoms with Crippen LogP contribution in [0, 0.1) is 17.6 Å². The second kappa shape index (κ2) is 7.84. The predicted octanol–water partition coefficient (Wildman–Crippen LogP) is 4.19. The second-order valence-corrected chi connectivity index (χ2v) is 9.35. The number of nitrogens with zero attached hydrogens (tertiary/aromatic N) is 5. The summed E-state index contributed by atoms with van der Waals surface area (Å²) in [5.41, 5.74) is 6.63. The van der Waals surface area contributed by atoms with Crippen LogP contribution in [0.5, 0.6) is 5.75 Å². The molecule has 6 rings (SSSR count). The largest absolute Gasteiger partial charge is 0.508 e. The molecule has 0 aliphatic carbocycles. The first-order valence-electron chi connectivity index (χ1n) is 11.5. The molecule has 4 heterocycles. The standard InChI is InChI=1S/C26H24F2N6O/c1-3-16-19(27)5-4-13-8-15(35)9-17(21(13)16)23-22(28)24-18(10-30-23)25(29)32-26(31-24)34-11-14-6-7-33(2)20(14)12-34/h3-5,8-10,14,20,35H,1,6-7,11-12H2,2H3,(H2,29,31,32)/t14-,20+/m0/s1. The Labute approximate surface area is 200 Å². The Balaban J connectivity index is 1.54. The number of hydrogen-bond donors (Lipinski definition) is 2. The van der Waals surface area contributed by atoms with E-state index in [4.69, 9.17) is 5.73 Å². The van der Waals surface area contributed by atoms with E-state index in [0.717, 1.165) is 26.1 Å². The van der Waals surface area contributed by atoms with E-state index in [9.17, 15) is 9.50 Å². The van der Waals surface area contributed by atoms with Gasteiger partial charge < -0.3 is 20.6 Å². The van der Waals surface area contributed by atoms with Gasteiger partial charge in [-0.3, -0.25) is 4.98 Å². The Bertz CT molecular complexity index is 1520. The molecule has 35 heavy (non-hydrogen) atoms. The van der Waals surface area contributed by atoms with Crippen LogP contribution in [-0.4, -0.2) is 57.7 Å². The Morgan fingerprint density at radius 2 is 2.03 bits per heavy atom. The first-order valence-corrected chi connectivity index (χ1v) is 11.5. The topological polar surface area (TPSA) is 91.4 Å². The van der Waals surface area contributed by atoms with E-state index in [0.29, 0.717) is 34.1 Å². The van der Waals surface area contributed by atoms with Crippen molar-refractivity contribution in [3.63, 3.8) is 0 Å². The summed E-state index contributed by atoms with van der Waals surface area (Å²) in [5.74, 6) is -0.255. The van der Waals surface area contributed by atoms with Gasteiger partial charge in [0.15, 0.2) is 5.82 Å². The van der Waals surface area contributed by atoms with Crippen LogP contribution >= 0.6 is 0 Å². The van der Waals surface area contributed by atoms with Crippen LogP contribution in [0.2, 0.25) is 0 Å². The molecule has 2 aliphatic rings. The van der Waals surface area contributed by atoms with E-state index in [2.05, 4.69) is 38.4 Å². The summed E-state index contributed by atoms with van der Waals surface area (Å²) in [6.45, 7) is 6.32. The summed E-state index contributed by atoms with van der Waals surface area (Å²) in [6, 6.07) is 6.09. The molecule has 2 aromatic heterocycles. The number of aromatic hydroxyl groups is 1. The minimum atomic E-state index is -0.708. The summed E-state index contributed by atoms with van der Waals surface area (Å²) in [6.07, 6.45) is 3.90. The highest BCUT2D eigenvalue weighted by molar-refractivity contribution is 6.04. The van der Waals surface area contributed by atoms with Crippen molar-refractivity contribution >= 4 is 39.5 Å². The van der Waals surface area contributed by atoms with Crippen molar-refractivity contribution in [2.24, 2.45) is 5.92 Å². The normalized spacial score (nSPS) is 20.1. The van der Waals surface area contributed by atoms with Gasteiger partial charge >= 0.3 is 0 Å². The fourth-order valence-corrected chi connectivity index (χ4v) is 5.57. The van der Waals surface area contributed by atoms with Crippen LogP contribution in [0.1, 0.15) is 12.0 Å². The Morgan fingerprint density at radius 3 is 2.80 bits per heavy atom. The number of nitrogen functional groups attached to an aromatic ring is 1. The van der Waals surface area contributed by atoms with E-state index < -0.39 is 11.6 Å². The number of fused-ring (bicyclic) bond motifs is 3. The van der Waals surface area contributed by atoms with Crippen molar-refractivity contribution in [3.05, 3.63) is 54.2 Å². The van der Waals surface area contributed by atoms with Gasteiger partial charge in [0.2, 0.25) is 5.95 Å². The lowest BCUT2D eigenvalue weighted by atomic mass is 9.95. The van der Waals surface area contributed by atoms with Crippen LogP contribution < -0.4 is 10.6 Å². The van der Waals surface area contributed by atoms with Crippen molar-refractivity contribution in [1.82, 2.24) is 19.9 Å². The zero-order valence-electron chi connectivity index (χ0n) is 19.2. The molecule has 3 N–H and O–H groups in total. The fraction of sp³-hybridized carbons (Fsp3) is 0.269. The number of halogens is 2. The van der Waals surface area contributed by atoms with Crippen molar-refractivity contribution < 1.29 is 13.9 Å². The van der Waals surface area contributed by atoms with Gasteiger partial charge in [0, 0.05) is 41.8 Å². The van der Waals surface area contributed by atoms with E-state index >= 15 is 4.39 Å². The van der Waals surface area contributed by atoms with Crippen LogP contribution in [0.25, 0.3) is 39.0 Å². The molecular weight excluding hydrogens is 450 g/mol. The average Bonchev–Trinajstić information content (AvgIpc) is 3.41. The molecule has 7 nitrogen and oxygen atoms in total. The maximum Gasteiger partial charge on any atom is 0.228 e. The van der Waals surface area contributed by atoms with Crippen LogP contribution in [0.15, 0.2) is 37.0 Å². The molecule has 2 aromatic carbocycles. The number of rotatable bonds is 3. The lowest BCUT2D eigenvalue weighted by Crippen LogP contribution is -2.32. The molecule has 2 saturated heterocycles. The third-order valence-electron chi connectivity index (χ3n) is 7.36. The number of phenolic OH excluding ortho intramolecular Hbond substituents is 1. The minimum Gasteiger partial charge on any atom is -0.508 e. The molecule has 178 valence electrons. The zero-order valence-corrected chi connectivity index (χ0v) is 19.2. The van der Waals surface area contributed by atoms with Gasteiger partial charge in [-0.05, 0) is 49.5 Å². The highest BCUT2D eigenvalue weighted by Crippen LogP contribution is 2.39. The van der Waals surface area contributed by atoms with E-state index in [1.807, 2.05) is 0 Å². The Morgan fingerprint density at radius 1 is 1.20 bits per heavy atom. The zero-order chi connectivity index (χ0) is 24.4. The highest BCUT2D eigenvalue weighted by Gasteiger charge is 2.40. The highest BCUT2D eigenvalue weighted by atomic mass is 19.1. The maximum atomic E-state index is 16.1. The van der Waals surface area contributed by atoms with Gasteiger partial charge in [-0.25, -0.2) is 13.8 Å². The molecule has 0 bridgehead atoms. The molecular formula is C26H24F2N6O. The summed E-state index contributed by atoms with van der Waals surface area (Å²) < 4.78 is 30.6. The lowest BCUT2D eigenvalue weighted by molar-refractivity contribution is 0.310. The number of phenols is 1. The summed E-state index contributed by atoms with van der Waals surface area (Å²) in [4.78, 5) is 17.7. The number of likely N-dealkylation sites (tertiary alicyclic amines) is 1. The summed E-state index contributed by atoms with van der Waals surface area (Å²) in [7, 11) is 2.11. The molecule has 4 aromatic rings. The van der Waals surface area contributed by atoms with Gasteiger partial charge in [-0.1, -0.05) is 18.7 Å². The smallest absolute Gasteiger partial charge is 0.228 e. The van der Waals surface area contributed by atoms with Crippen molar-refractivity contribution in [3.8, 4) is 17.0 Å². The maximum absolute atomic E-state index is 16.1. The molecule has 9 heteroatoms. The van der Waals surface area contributed by atoms with E-state index in [1.165, 1.54) is 36.5 Å². The molecule has 2 fully saturated rings. The molecule has 0 spiro atoms. The molecule has 0 unspecified atom stereocenters. The first-order chi connectivity index (χ1) is 16.9. The molecule has 2 atom stereocenters. The fourth-order valence-electron chi connectivity index (χ4n) is 5.57. The monoisotopic (exact) mass is 474 g/mol. The first kappa shape index (κ1) is 21.7. The number of hydrogen-bond acceptors (Lipinski definition) is 7. The number of nitrogens with two attached hydrogens (primary N) is 1. The number of pyridine rings is 1. The molecule has 0 amide bonds. The predicted molar refractivity (Wildman–Crippen MR) is 133 cm³/mol. The number of anilines is 2. The average molecular weight is 475 g/mol. The summed E-state index contributed by atoms with van der Waals surface area (Å²) in [5, 5.41) is 11.6. The summed E-state index contributed by atoms with van der Waals surface area (Å²) >= 11 is 0. The molecule has 0 saturated carbocycles. The Hall–Kier alpha value is -3.85. The van der Waals surface area contributed by atoms with Gasteiger partial charge in [0.25, 0.3) is 0 Å². The van der Waals surface area contributed by atoms with Crippen molar-refractivity contribution in [1.29, 1.82) is 0 Å².